The van der Waals surface area contributed by atoms with E-state index >= 15 is 0 Å². The van der Waals surface area contributed by atoms with E-state index in [2.05, 4.69) is 5.32 Å². The molecule has 27 heavy (non-hydrogen) atoms. The first-order valence-electron chi connectivity index (χ1n) is 10.1. The number of ether oxygens (including phenoxy) is 1. The van der Waals surface area contributed by atoms with Crippen molar-refractivity contribution >= 4 is 17.6 Å². The minimum Gasteiger partial charge on any atom is -0.449 e. The van der Waals surface area contributed by atoms with E-state index in [1.807, 2.05) is 31.1 Å². The number of hydrogen-bond donors (Lipinski definition) is 1. The average molecular weight is 370 g/mol. The number of benzene rings is 1. The lowest BCUT2D eigenvalue weighted by molar-refractivity contribution is -0.134. The van der Waals surface area contributed by atoms with Crippen LogP contribution in [-0.2, 0) is 9.53 Å². The molecule has 0 spiro atoms. The number of rotatable bonds is 5. The summed E-state index contributed by atoms with van der Waals surface area (Å²) in [7, 11) is 3.85. The Balaban J connectivity index is 1.38. The summed E-state index contributed by atoms with van der Waals surface area (Å²) in [5.41, 5.74) is 1.34. The second kappa shape index (κ2) is 6.84. The molecule has 1 N–H and O–H groups in total. The molecule has 4 aliphatic carbocycles. The van der Waals surface area contributed by atoms with E-state index in [9.17, 15) is 9.59 Å². The molecular weight excluding hydrogens is 340 g/mol. The van der Waals surface area contributed by atoms with Gasteiger partial charge in [-0.2, -0.15) is 0 Å². The molecule has 1 amide bonds. The molecule has 1 atom stereocenters. The lowest BCUT2D eigenvalue weighted by Gasteiger charge is -2.57. The number of nitrogens with zero attached hydrogens (tertiary/aromatic N) is 1. The predicted molar refractivity (Wildman–Crippen MR) is 105 cm³/mol. The van der Waals surface area contributed by atoms with Crippen LogP contribution in [0.25, 0.3) is 0 Å². The highest BCUT2D eigenvalue weighted by Gasteiger charge is 2.51. The van der Waals surface area contributed by atoms with Crippen molar-refractivity contribution in [2.75, 3.05) is 19.0 Å². The summed E-state index contributed by atoms with van der Waals surface area (Å²) in [6.45, 7) is 1.67. The fraction of sp³-hybridized carbons (Fsp3) is 0.636. The van der Waals surface area contributed by atoms with Gasteiger partial charge >= 0.3 is 5.97 Å². The zero-order valence-corrected chi connectivity index (χ0v) is 16.5. The van der Waals surface area contributed by atoms with Gasteiger partial charge in [0.1, 0.15) is 0 Å². The second-order valence-corrected chi connectivity index (χ2v) is 9.18. The quantitative estimate of drug-likeness (QED) is 0.807. The van der Waals surface area contributed by atoms with Gasteiger partial charge in [0.15, 0.2) is 6.10 Å². The standard InChI is InChI=1S/C22H30N2O3/c1-14(27-21(26)18-5-4-6-19(10-18)24(2)3)20(25)23-22-11-15-7-16(12-22)9-17(8-15)13-22/h4-6,10,14-17H,7-9,11-13H2,1-3H3,(H,23,25)/t14-,15?,16?,17?,22?/m0/s1. The summed E-state index contributed by atoms with van der Waals surface area (Å²) in [6.07, 6.45) is 6.50. The fourth-order valence-electron chi connectivity index (χ4n) is 5.82. The highest BCUT2D eigenvalue weighted by Crippen LogP contribution is 2.55. The summed E-state index contributed by atoms with van der Waals surface area (Å²) in [5, 5.41) is 3.29. The minimum absolute atomic E-state index is 0.0582. The summed E-state index contributed by atoms with van der Waals surface area (Å²) < 4.78 is 5.48. The Morgan fingerprint density at radius 3 is 2.26 bits per heavy atom. The van der Waals surface area contributed by atoms with E-state index in [1.54, 1.807) is 19.1 Å². The van der Waals surface area contributed by atoms with Gasteiger partial charge in [-0.15, -0.1) is 0 Å². The third-order valence-electron chi connectivity index (χ3n) is 6.68. The number of carbonyl (C=O) groups is 2. The first kappa shape index (κ1) is 18.3. The molecule has 1 aromatic carbocycles. The third-order valence-corrected chi connectivity index (χ3v) is 6.68. The van der Waals surface area contributed by atoms with Crippen LogP contribution in [0.4, 0.5) is 5.69 Å². The van der Waals surface area contributed by atoms with Crippen molar-refractivity contribution in [3.05, 3.63) is 29.8 Å². The molecule has 4 saturated carbocycles. The number of carbonyl (C=O) groups excluding carboxylic acids is 2. The van der Waals surface area contributed by atoms with E-state index in [4.69, 9.17) is 4.74 Å². The van der Waals surface area contributed by atoms with E-state index in [1.165, 1.54) is 19.3 Å². The van der Waals surface area contributed by atoms with Gasteiger partial charge in [-0.05, 0) is 81.4 Å². The van der Waals surface area contributed by atoms with Crippen molar-refractivity contribution in [3.63, 3.8) is 0 Å². The Morgan fingerprint density at radius 1 is 1.11 bits per heavy atom. The van der Waals surface area contributed by atoms with Gasteiger partial charge in [-0.1, -0.05) is 6.07 Å². The monoisotopic (exact) mass is 370 g/mol. The van der Waals surface area contributed by atoms with Crippen molar-refractivity contribution < 1.29 is 14.3 Å². The van der Waals surface area contributed by atoms with Gasteiger partial charge < -0.3 is 15.0 Å². The minimum atomic E-state index is -0.784. The highest BCUT2D eigenvalue weighted by atomic mass is 16.5. The molecule has 4 fully saturated rings. The Hall–Kier alpha value is -2.04. The third kappa shape index (κ3) is 3.69. The van der Waals surface area contributed by atoms with E-state index < -0.39 is 12.1 Å². The van der Waals surface area contributed by atoms with Gasteiger partial charge in [0, 0.05) is 25.3 Å². The van der Waals surface area contributed by atoms with E-state index in [0.717, 1.165) is 42.7 Å². The van der Waals surface area contributed by atoms with Crippen LogP contribution in [0, 0.1) is 17.8 Å². The zero-order valence-electron chi connectivity index (χ0n) is 16.5. The zero-order chi connectivity index (χ0) is 19.2. The van der Waals surface area contributed by atoms with Crippen LogP contribution in [0.2, 0.25) is 0 Å². The topological polar surface area (TPSA) is 58.6 Å². The molecule has 4 aliphatic rings. The molecular formula is C22H30N2O3. The SMILES string of the molecule is C[C@H](OC(=O)c1cccc(N(C)C)c1)C(=O)NC12CC3CC(CC(C3)C1)C2. The summed E-state index contributed by atoms with van der Waals surface area (Å²) in [6, 6.07) is 7.26. The van der Waals surface area contributed by atoms with Gasteiger partial charge in [0.25, 0.3) is 5.91 Å². The maximum absolute atomic E-state index is 12.8. The number of hydrogen-bond acceptors (Lipinski definition) is 4. The first-order chi connectivity index (χ1) is 12.8. The van der Waals surface area contributed by atoms with Crippen molar-refractivity contribution in [1.82, 2.24) is 5.32 Å². The second-order valence-electron chi connectivity index (χ2n) is 9.18. The highest BCUT2D eigenvalue weighted by molar-refractivity contribution is 5.93. The van der Waals surface area contributed by atoms with Gasteiger partial charge in [-0.25, -0.2) is 4.79 Å². The van der Waals surface area contributed by atoms with Crippen LogP contribution < -0.4 is 10.2 Å². The molecule has 4 bridgehead atoms. The number of nitrogens with one attached hydrogen (secondary N) is 1. The fourth-order valence-corrected chi connectivity index (χ4v) is 5.82. The van der Waals surface area contributed by atoms with Crippen LogP contribution in [0.3, 0.4) is 0 Å². The Kier molecular flexibility index (Phi) is 4.65. The van der Waals surface area contributed by atoms with Crippen molar-refractivity contribution in [3.8, 4) is 0 Å². The average Bonchev–Trinajstić information content (AvgIpc) is 2.60. The van der Waals surface area contributed by atoms with Gasteiger partial charge in [0.05, 0.1) is 5.56 Å². The Labute approximate surface area is 161 Å². The van der Waals surface area contributed by atoms with Gasteiger partial charge in [-0.3, -0.25) is 4.79 Å². The van der Waals surface area contributed by atoms with Crippen LogP contribution >= 0.6 is 0 Å². The van der Waals surface area contributed by atoms with Crippen molar-refractivity contribution in [1.29, 1.82) is 0 Å². The largest absolute Gasteiger partial charge is 0.449 e. The van der Waals surface area contributed by atoms with Crippen LogP contribution in [0.5, 0.6) is 0 Å². The molecule has 0 radical (unpaired) electrons. The molecule has 5 nitrogen and oxygen atoms in total. The molecule has 0 saturated heterocycles. The van der Waals surface area contributed by atoms with Crippen molar-refractivity contribution in [2.24, 2.45) is 17.8 Å². The van der Waals surface area contributed by atoms with Gasteiger partial charge in [0.2, 0.25) is 0 Å². The Morgan fingerprint density at radius 2 is 1.70 bits per heavy atom. The smallest absolute Gasteiger partial charge is 0.338 e. The first-order valence-corrected chi connectivity index (χ1v) is 10.1. The normalized spacial score (nSPS) is 32.0. The van der Waals surface area contributed by atoms with E-state index in [-0.39, 0.29) is 11.4 Å². The molecule has 0 unspecified atom stereocenters. The lowest BCUT2D eigenvalue weighted by atomic mass is 9.53. The number of esters is 1. The molecule has 1 aromatic rings. The van der Waals surface area contributed by atoms with Crippen LogP contribution in [0.15, 0.2) is 24.3 Å². The number of anilines is 1. The molecule has 146 valence electrons. The maximum Gasteiger partial charge on any atom is 0.338 e. The molecule has 5 rings (SSSR count). The predicted octanol–water partition coefficient (Wildman–Crippen LogP) is 3.38. The van der Waals surface area contributed by atoms with Crippen LogP contribution in [0.1, 0.15) is 55.8 Å². The molecule has 0 aromatic heterocycles. The van der Waals surface area contributed by atoms with E-state index in [0.29, 0.717) is 5.56 Å². The summed E-state index contributed by atoms with van der Waals surface area (Å²) in [4.78, 5) is 27.2. The Bertz CT molecular complexity index is 708. The summed E-state index contributed by atoms with van der Waals surface area (Å²) in [5.74, 6) is 1.69. The lowest BCUT2D eigenvalue weighted by Crippen LogP contribution is -2.61. The molecule has 5 heteroatoms. The maximum atomic E-state index is 12.8. The van der Waals surface area contributed by atoms with Crippen molar-refractivity contribution in [2.45, 2.75) is 57.1 Å². The number of amides is 1. The molecule has 0 heterocycles. The molecule has 0 aliphatic heterocycles. The van der Waals surface area contributed by atoms with Crippen LogP contribution in [-0.4, -0.2) is 37.6 Å². The summed E-state index contributed by atoms with van der Waals surface area (Å²) >= 11 is 0.